The highest BCUT2D eigenvalue weighted by Gasteiger charge is 2.23. The number of benzene rings is 7. The maximum atomic E-state index is 11.8. The standard InChI is InChI=1S/C60H50N2O3/c1-59(2,3)42-29-40(30-43(34-42)60(4,5)6)41-32-52(49-36-57-47(35-55(49)64)46-21-13-14-26-56(46)65-57)62-53(33-41)51-25-16-24-50(61-51)48-31-39(27-28-54(48)63)58-44(37-17-9-7-10-18-37)22-15-23-45(58)38-19-11-8-12-20-38/h7-36,63-64H,1-6H3. The number of hydrogen-bond acceptors (Lipinski definition) is 5. The Morgan fingerprint density at radius 3 is 1.57 bits per heavy atom. The highest BCUT2D eigenvalue weighted by molar-refractivity contribution is 6.07. The van der Waals surface area contributed by atoms with Crippen LogP contribution in [0.25, 0.3) is 100 Å². The van der Waals surface area contributed by atoms with Crippen molar-refractivity contribution in [3.63, 3.8) is 0 Å². The number of phenolic OH excluding ortho intramolecular Hbond substituents is 2. The average Bonchev–Trinajstić information content (AvgIpc) is 3.68. The molecule has 0 amide bonds. The Morgan fingerprint density at radius 1 is 0.354 bits per heavy atom. The summed E-state index contributed by atoms with van der Waals surface area (Å²) in [6.07, 6.45) is 0. The van der Waals surface area contributed by atoms with Gasteiger partial charge in [-0.3, -0.25) is 0 Å². The maximum absolute atomic E-state index is 11.8. The lowest BCUT2D eigenvalue weighted by Gasteiger charge is -2.26. The fourth-order valence-electron chi connectivity index (χ4n) is 8.80. The van der Waals surface area contributed by atoms with Crippen LogP contribution in [0.2, 0.25) is 0 Å². The van der Waals surface area contributed by atoms with E-state index in [2.05, 4.69) is 139 Å². The van der Waals surface area contributed by atoms with E-state index in [1.165, 1.54) is 11.1 Å². The van der Waals surface area contributed by atoms with Crippen LogP contribution in [0, 0.1) is 0 Å². The summed E-state index contributed by atoms with van der Waals surface area (Å²) >= 11 is 0. The second-order valence-electron chi connectivity index (χ2n) is 19.0. The van der Waals surface area contributed by atoms with Gasteiger partial charge in [0, 0.05) is 21.9 Å². The lowest BCUT2D eigenvalue weighted by molar-refractivity contribution is 0.477. The Hall–Kier alpha value is -7.76. The molecule has 318 valence electrons. The zero-order chi connectivity index (χ0) is 45.0. The van der Waals surface area contributed by atoms with E-state index < -0.39 is 0 Å². The number of pyridine rings is 2. The normalized spacial score (nSPS) is 12.0. The highest BCUT2D eigenvalue weighted by atomic mass is 16.3. The van der Waals surface area contributed by atoms with Gasteiger partial charge in [-0.2, -0.15) is 0 Å². The van der Waals surface area contributed by atoms with Crippen LogP contribution in [0.5, 0.6) is 11.5 Å². The Balaban J connectivity index is 1.15. The van der Waals surface area contributed by atoms with Gasteiger partial charge in [0.05, 0.1) is 22.8 Å². The van der Waals surface area contributed by atoms with Crippen LogP contribution < -0.4 is 0 Å². The van der Waals surface area contributed by atoms with E-state index in [1.807, 2.05) is 72.8 Å². The molecule has 0 bridgehead atoms. The quantitative estimate of drug-likeness (QED) is 0.167. The summed E-state index contributed by atoms with van der Waals surface area (Å²) in [5, 5.41) is 25.2. The number of aromatic nitrogens is 2. The van der Waals surface area contributed by atoms with Crippen LogP contribution in [0.4, 0.5) is 0 Å². The molecule has 10 aromatic rings. The highest BCUT2D eigenvalue weighted by Crippen LogP contribution is 2.44. The van der Waals surface area contributed by atoms with E-state index >= 15 is 0 Å². The lowest BCUT2D eigenvalue weighted by Crippen LogP contribution is -2.16. The van der Waals surface area contributed by atoms with Crippen molar-refractivity contribution in [3.8, 4) is 89.9 Å². The van der Waals surface area contributed by atoms with Crippen LogP contribution in [0.1, 0.15) is 52.7 Å². The van der Waals surface area contributed by atoms with Gasteiger partial charge < -0.3 is 14.6 Å². The van der Waals surface area contributed by atoms with Gasteiger partial charge in [-0.05, 0) is 121 Å². The number of nitrogens with zero attached hydrogens (tertiary/aromatic N) is 2. The molecule has 0 atom stereocenters. The molecule has 5 heteroatoms. The Bertz CT molecular complexity index is 3320. The molecular weight excluding hydrogens is 797 g/mol. The minimum atomic E-state index is -0.102. The first kappa shape index (κ1) is 41.3. The molecule has 0 saturated carbocycles. The van der Waals surface area contributed by atoms with Crippen molar-refractivity contribution in [1.82, 2.24) is 9.97 Å². The number of aromatic hydroxyl groups is 2. The van der Waals surface area contributed by atoms with Crippen molar-refractivity contribution in [2.75, 3.05) is 0 Å². The molecular formula is C60H50N2O3. The molecule has 0 spiro atoms. The van der Waals surface area contributed by atoms with E-state index in [4.69, 9.17) is 14.4 Å². The third kappa shape index (κ3) is 7.95. The summed E-state index contributed by atoms with van der Waals surface area (Å²) in [5.41, 5.74) is 15.6. The molecule has 3 heterocycles. The van der Waals surface area contributed by atoms with Gasteiger partial charge >= 0.3 is 0 Å². The smallest absolute Gasteiger partial charge is 0.136 e. The largest absolute Gasteiger partial charge is 0.507 e. The van der Waals surface area contributed by atoms with Crippen LogP contribution >= 0.6 is 0 Å². The molecule has 0 aliphatic carbocycles. The summed E-state index contributed by atoms with van der Waals surface area (Å²) in [6.45, 7) is 13.4. The van der Waals surface area contributed by atoms with Gasteiger partial charge in [0.15, 0.2) is 0 Å². The SMILES string of the molecule is CC(C)(C)c1cc(-c2cc(-c3cccc(-c4cc(-c5c(-c6ccccc6)cccc5-c5ccccc5)ccc4O)n3)nc(-c3cc4oc5ccccc5c4cc3O)c2)cc(C(C)(C)C)c1. The third-order valence-corrected chi connectivity index (χ3v) is 12.4. The second-order valence-corrected chi connectivity index (χ2v) is 19.0. The number of para-hydroxylation sites is 1. The van der Waals surface area contributed by atoms with Crippen molar-refractivity contribution >= 4 is 21.9 Å². The number of rotatable bonds is 7. The van der Waals surface area contributed by atoms with Gasteiger partial charge in [0.2, 0.25) is 0 Å². The Kier molecular flexibility index (Phi) is 10.2. The molecule has 0 aliphatic heterocycles. The molecule has 0 fully saturated rings. The van der Waals surface area contributed by atoms with Gasteiger partial charge in [0.25, 0.3) is 0 Å². The number of phenols is 2. The summed E-state index contributed by atoms with van der Waals surface area (Å²) in [6, 6.07) is 61.4. The number of hydrogen-bond donors (Lipinski definition) is 2. The zero-order valence-electron chi connectivity index (χ0n) is 37.5. The molecule has 65 heavy (non-hydrogen) atoms. The third-order valence-electron chi connectivity index (χ3n) is 12.4. The van der Waals surface area contributed by atoms with Crippen molar-refractivity contribution in [1.29, 1.82) is 0 Å². The first-order valence-electron chi connectivity index (χ1n) is 22.2. The Morgan fingerprint density at radius 2 is 0.908 bits per heavy atom. The van der Waals surface area contributed by atoms with Crippen molar-refractivity contribution in [2.24, 2.45) is 0 Å². The van der Waals surface area contributed by atoms with Crippen molar-refractivity contribution < 1.29 is 14.6 Å². The van der Waals surface area contributed by atoms with Crippen LogP contribution in [0.15, 0.2) is 186 Å². The first-order chi connectivity index (χ1) is 31.3. The average molecular weight is 847 g/mol. The number of furan rings is 1. The summed E-state index contributed by atoms with van der Waals surface area (Å²) in [4.78, 5) is 10.5. The number of fused-ring (bicyclic) bond motifs is 3. The van der Waals surface area contributed by atoms with Gasteiger partial charge in [-0.1, -0.05) is 169 Å². The first-order valence-corrected chi connectivity index (χ1v) is 22.2. The lowest BCUT2D eigenvalue weighted by atomic mass is 9.79. The summed E-state index contributed by atoms with van der Waals surface area (Å²) < 4.78 is 6.31. The molecule has 0 aliphatic rings. The summed E-state index contributed by atoms with van der Waals surface area (Å²) in [5.74, 6) is 0.226. The van der Waals surface area contributed by atoms with E-state index in [-0.39, 0.29) is 22.3 Å². The minimum Gasteiger partial charge on any atom is -0.507 e. The Labute approximate surface area is 380 Å². The predicted octanol–water partition coefficient (Wildman–Crippen LogP) is 16.1. The van der Waals surface area contributed by atoms with E-state index in [9.17, 15) is 10.2 Å². The van der Waals surface area contributed by atoms with Crippen LogP contribution in [-0.4, -0.2) is 20.2 Å². The molecule has 5 nitrogen and oxygen atoms in total. The van der Waals surface area contributed by atoms with Gasteiger partial charge in [0.1, 0.15) is 22.7 Å². The van der Waals surface area contributed by atoms with E-state index in [1.54, 1.807) is 12.1 Å². The topological polar surface area (TPSA) is 79.4 Å². The maximum Gasteiger partial charge on any atom is 0.136 e. The van der Waals surface area contributed by atoms with Crippen molar-refractivity contribution in [2.45, 2.75) is 52.4 Å². The predicted molar refractivity (Wildman–Crippen MR) is 268 cm³/mol. The van der Waals surface area contributed by atoms with Crippen LogP contribution in [-0.2, 0) is 10.8 Å². The second kappa shape index (κ2) is 16.1. The van der Waals surface area contributed by atoms with Gasteiger partial charge in [-0.25, -0.2) is 9.97 Å². The van der Waals surface area contributed by atoms with Crippen LogP contribution in [0.3, 0.4) is 0 Å². The fraction of sp³-hybridized carbons (Fsp3) is 0.133. The molecule has 0 saturated heterocycles. The fourth-order valence-corrected chi connectivity index (χ4v) is 8.80. The molecule has 7 aromatic carbocycles. The van der Waals surface area contributed by atoms with Gasteiger partial charge in [-0.15, -0.1) is 0 Å². The minimum absolute atomic E-state index is 0.102. The summed E-state index contributed by atoms with van der Waals surface area (Å²) in [7, 11) is 0. The van der Waals surface area contributed by atoms with Crippen molar-refractivity contribution in [3.05, 3.63) is 193 Å². The monoisotopic (exact) mass is 846 g/mol. The zero-order valence-corrected chi connectivity index (χ0v) is 37.5. The molecule has 10 rings (SSSR count). The molecule has 3 aromatic heterocycles. The van der Waals surface area contributed by atoms with E-state index in [0.717, 1.165) is 60.9 Å². The molecule has 2 N–H and O–H groups in total. The molecule has 0 unspecified atom stereocenters. The van der Waals surface area contributed by atoms with E-state index in [0.29, 0.717) is 39.5 Å². The molecule has 0 radical (unpaired) electrons.